The summed E-state index contributed by atoms with van der Waals surface area (Å²) < 4.78 is 21.6. The summed E-state index contributed by atoms with van der Waals surface area (Å²) in [4.78, 5) is 13.7. The topological polar surface area (TPSA) is 135 Å². The lowest BCUT2D eigenvalue weighted by Crippen LogP contribution is -2.46. The minimum absolute atomic E-state index is 0.0506. The van der Waals surface area contributed by atoms with Crippen molar-refractivity contribution in [3.63, 3.8) is 0 Å². The van der Waals surface area contributed by atoms with Crippen LogP contribution >= 0.6 is 23.2 Å². The number of carbonyl (C=O) groups is 1. The molecule has 0 spiro atoms. The van der Waals surface area contributed by atoms with E-state index < -0.39 is 47.9 Å². The molecule has 0 aliphatic carbocycles. The Hall–Kier alpha value is -2.45. The molecular weight excluding hydrogens is 560 g/mol. The van der Waals surface area contributed by atoms with Crippen LogP contribution in [0.25, 0.3) is 0 Å². The second-order valence-corrected chi connectivity index (χ2v) is 12.1. The van der Waals surface area contributed by atoms with Crippen molar-refractivity contribution in [2.45, 2.75) is 63.1 Å². The van der Waals surface area contributed by atoms with Crippen LogP contribution in [0, 0.1) is 22.6 Å². The van der Waals surface area contributed by atoms with Gasteiger partial charge in [0.15, 0.2) is 0 Å². The van der Waals surface area contributed by atoms with Gasteiger partial charge in [-0.2, -0.15) is 5.26 Å². The van der Waals surface area contributed by atoms with E-state index in [0.29, 0.717) is 22.8 Å². The van der Waals surface area contributed by atoms with Gasteiger partial charge in [0.2, 0.25) is 5.91 Å². The number of rotatable bonds is 11. The number of nitrogens with one attached hydrogen (secondary N) is 2. The van der Waals surface area contributed by atoms with Crippen molar-refractivity contribution in [2.24, 2.45) is 5.41 Å². The van der Waals surface area contributed by atoms with Crippen LogP contribution in [0.4, 0.5) is 4.39 Å². The zero-order valence-corrected chi connectivity index (χ0v) is 24.3. The number of hydrogen-bond donors (Lipinski definition) is 5. The van der Waals surface area contributed by atoms with Crippen LogP contribution in [0.2, 0.25) is 10.0 Å². The molecule has 0 saturated carbocycles. The van der Waals surface area contributed by atoms with Crippen LogP contribution in [0.5, 0.6) is 5.75 Å². The summed E-state index contributed by atoms with van der Waals surface area (Å²) in [6.07, 6.45) is -0.490. The molecule has 3 rings (SSSR count). The lowest BCUT2D eigenvalue weighted by atomic mass is 9.62. The lowest BCUT2D eigenvalue weighted by molar-refractivity contribution is -0.123. The van der Waals surface area contributed by atoms with Crippen LogP contribution in [-0.4, -0.2) is 65.8 Å². The predicted molar refractivity (Wildman–Crippen MR) is 151 cm³/mol. The van der Waals surface area contributed by atoms with Crippen LogP contribution in [-0.2, 0) is 10.2 Å². The predicted octanol–water partition coefficient (Wildman–Crippen LogP) is 3.68. The molecule has 11 heteroatoms. The minimum Gasteiger partial charge on any atom is -0.491 e. The Bertz CT molecular complexity index is 1240. The third kappa shape index (κ3) is 7.06. The van der Waals surface area contributed by atoms with E-state index >= 15 is 4.39 Å². The van der Waals surface area contributed by atoms with E-state index in [1.54, 1.807) is 18.2 Å². The molecule has 1 fully saturated rings. The van der Waals surface area contributed by atoms with Crippen molar-refractivity contribution >= 4 is 29.1 Å². The molecule has 1 aliphatic rings. The summed E-state index contributed by atoms with van der Waals surface area (Å²) in [5.74, 6) is -1.86. The van der Waals surface area contributed by atoms with E-state index in [0.717, 1.165) is 6.07 Å². The summed E-state index contributed by atoms with van der Waals surface area (Å²) in [5, 5.41) is 45.9. The standard InChI is InChI=1S/C29H36Cl2FN3O5/c1-28(2,3)14-24-29(16-33,21-6-4-18(31)13-22(21)32)25(20-12-17(30)5-7-23(20)40-11-10-36)26(35-24)27(39)34-9-8-19(38)15-37/h4-7,12-13,19,24-26,35-38H,8-11,14-15H2,1-3H3,(H,34,39)/t19-,24-,25-,26+,29-/m0/s1. The van der Waals surface area contributed by atoms with E-state index in [-0.39, 0.29) is 42.2 Å². The number of ether oxygens (including phenoxy) is 1. The first-order valence-electron chi connectivity index (χ1n) is 13.1. The summed E-state index contributed by atoms with van der Waals surface area (Å²) in [6, 6.07) is 9.58. The van der Waals surface area contributed by atoms with Crippen LogP contribution in [0.3, 0.4) is 0 Å². The minimum atomic E-state index is -1.61. The van der Waals surface area contributed by atoms with Crippen molar-refractivity contribution in [3.05, 3.63) is 63.4 Å². The second kappa shape index (κ2) is 13.5. The number of benzene rings is 2. The fraction of sp³-hybridized carbons (Fsp3) is 0.517. The summed E-state index contributed by atoms with van der Waals surface area (Å²) >= 11 is 12.5. The first-order valence-corrected chi connectivity index (χ1v) is 13.9. The number of amides is 1. The third-order valence-corrected chi connectivity index (χ3v) is 7.53. The number of carbonyl (C=O) groups excluding carboxylic acids is 1. The molecule has 1 saturated heterocycles. The molecule has 2 aromatic carbocycles. The van der Waals surface area contributed by atoms with Gasteiger partial charge in [-0.15, -0.1) is 0 Å². The number of halogens is 3. The molecule has 5 atom stereocenters. The first-order chi connectivity index (χ1) is 18.9. The quantitative estimate of drug-likeness (QED) is 0.267. The molecule has 40 heavy (non-hydrogen) atoms. The highest BCUT2D eigenvalue weighted by atomic mass is 35.5. The Morgan fingerprint density at radius 3 is 2.50 bits per heavy atom. The van der Waals surface area contributed by atoms with Crippen molar-refractivity contribution in [3.8, 4) is 11.8 Å². The van der Waals surface area contributed by atoms with Gasteiger partial charge in [-0.1, -0.05) is 50.0 Å². The zero-order chi connectivity index (χ0) is 29.7. The summed E-state index contributed by atoms with van der Waals surface area (Å²) in [6.45, 7) is 5.26. The summed E-state index contributed by atoms with van der Waals surface area (Å²) in [7, 11) is 0. The Morgan fingerprint density at radius 2 is 1.90 bits per heavy atom. The maximum atomic E-state index is 15.8. The number of nitriles is 1. The smallest absolute Gasteiger partial charge is 0.237 e. The van der Waals surface area contributed by atoms with Crippen molar-refractivity contribution in [1.82, 2.24) is 10.6 Å². The highest BCUT2D eigenvalue weighted by Gasteiger charge is 2.61. The highest BCUT2D eigenvalue weighted by Crippen LogP contribution is 2.53. The van der Waals surface area contributed by atoms with Crippen molar-refractivity contribution in [2.75, 3.05) is 26.4 Å². The van der Waals surface area contributed by atoms with Crippen molar-refractivity contribution in [1.29, 1.82) is 5.26 Å². The number of aliphatic hydroxyl groups excluding tert-OH is 3. The molecular formula is C29H36Cl2FN3O5. The Morgan fingerprint density at radius 1 is 1.23 bits per heavy atom. The fourth-order valence-corrected chi connectivity index (χ4v) is 5.75. The van der Waals surface area contributed by atoms with Gasteiger partial charge in [0.25, 0.3) is 0 Å². The number of hydrogen-bond acceptors (Lipinski definition) is 7. The Balaban J connectivity index is 2.28. The maximum absolute atomic E-state index is 15.8. The lowest BCUT2D eigenvalue weighted by Gasteiger charge is -2.37. The van der Waals surface area contributed by atoms with Crippen LogP contribution < -0.4 is 15.4 Å². The van der Waals surface area contributed by atoms with Crippen LogP contribution in [0.1, 0.15) is 50.7 Å². The average Bonchev–Trinajstić information content (AvgIpc) is 3.20. The SMILES string of the molecule is CC(C)(C)C[C@@H]1N[C@@H](C(=O)NCC[C@H](O)CO)[C@H](c2cc(Cl)ccc2OCCO)[C@@]1(C#N)c1ccc(Cl)cc1F. The Labute approximate surface area is 244 Å². The van der Waals surface area contributed by atoms with Gasteiger partial charge in [0.1, 0.15) is 23.6 Å². The summed E-state index contributed by atoms with van der Waals surface area (Å²) in [5.41, 5.74) is -1.47. The van der Waals surface area contributed by atoms with E-state index in [1.807, 2.05) is 20.8 Å². The molecule has 1 amide bonds. The molecule has 0 unspecified atom stereocenters. The van der Waals surface area contributed by atoms with Gasteiger partial charge in [-0.05, 0) is 48.6 Å². The van der Waals surface area contributed by atoms with Gasteiger partial charge in [-0.25, -0.2) is 4.39 Å². The van der Waals surface area contributed by atoms with Gasteiger partial charge < -0.3 is 30.7 Å². The maximum Gasteiger partial charge on any atom is 0.237 e. The normalized spacial score (nSPS) is 23.4. The Kier molecular flexibility index (Phi) is 10.8. The highest BCUT2D eigenvalue weighted by molar-refractivity contribution is 6.31. The van der Waals surface area contributed by atoms with E-state index in [4.69, 9.17) is 33.0 Å². The third-order valence-electron chi connectivity index (χ3n) is 7.06. The largest absolute Gasteiger partial charge is 0.491 e. The number of nitrogens with zero attached hydrogens (tertiary/aromatic N) is 1. The molecule has 0 bridgehead atoms. The van der Waals surface area contributed by atoms with Crippen molar-refractivity contribution < 1.29 is 29.2 Å². The molecule has 218 valence electrons. The van der Waals surface area contributed by atoms with Gasteiger partial charge in [0, 0.05) is 39.7 Å². The molecule has 0 radical (unpaired) electrons. The molecule has 2 aromatic rings. The number of aliphatic hydroxyl groups is 3. The van der Waals surface area contributed by atoms with E-state index in [9.17, 15) is 20.3 Å². The fourth-order valence-electron chi connectivity index (χ4n) is 5.41. The first kappa shape index (κ1) is 32.1. The zero-order valence-electron chi connectivity index (χ0n) is 22.8. The van der Waals surface area contributed by atoms with Gasteiger partial charge in [0.05, 0.1) is 31.4 Å². The molecule has 1 aliphatic heterocycles. The molecule has 0 aromatic heterocycles. The van der Waals surface area contributed by atoms with E-state index in [2.05, 4.69) is 16.7 Å². The van der Waals surface area contributed by atoms with Crippen LogP contribution in [0.15, 0.2) is 36.4 Å². The molecule has 1 heterocycles. The second-order valence-electron chi connectivity index (χ2n) is 11.2. The molecule has 8 nitrogen and oxygen atoms in total. The molecule has 5 N–H and O–H groups in total. The monoisotopic (exact) mass is 595 g/mol. The van der Waals surface area contributed by atoms with E-state index in [1.165, 1.54) is 12.1 Å². The van der Waals surface area contributed by atoms with Gasteiger partial charge >= 0.3 is 0 Å². The average molecular weight is 597 g/mol. The van der Waals surface area contributed by atoms with Gasteiger partial charge in [-0.3, -0.25) is 4.79 Å².